The van der Waals surface area contributed by atoms with Gasteiger partial charge in [-0.05, 0) is 13.0 Å². The van der Waals surface area contributed by atoms with Crippen molar-refractivity contribution in [3.05, 3.63) is 45.7 Å². The van der Waals surface area contributed by atoms with E-state index < -0.39 is 17.8 Å². The Labute approximate surface area is 111 Å². The minimum Gasteiger partial charge on any atom is -0.271 e. The average molecular weight is 288 g/mol. The molecule has 0 saturated heterocycles. The summed E-state index contributed by atoms with van der Waals surface area (Å²) in [5.74, 6) is 5.38. The first-order chi connectivity index (χ1) is 8.93. The molecule has 0 aliphatic heterocycles. The van der Waals surface area contributed by atoms with E-state index in [1.807, 2.05) is 0 Å². The lowest BCUT2D eigenvalue weighted by molar-refractivity contribution is -0.138. The van der Waals surface area contributed by atoms with Crippen molar-refractivity contribution in [1.29, 1.82) is 0 Å². The molecule has 4 nitrogen and oxygen atoms in total. The number of halogens is 3. The molecule has 0 spiro atoms. The lowest BCUT2D eigenvalue weighted by atomic mass is 10.0. The third-order valence-electron chi connectivity index (χ3n) is 2.57. The molecule has 2 aromatic rings. The number of nitrogens with one attached hydrogen (secondary N) is 1. The van der Waals surface area contributed by atoms with Gasteiger partial charge in [-0.15, -0.1) is 11.3 Å². The number of hydrazine groups is 1. The normalized spacial score (nSPS) is 13.5. The Morgan fingerprint density at radius 3 is 2.68 bits per heavy atom. The van der Waals surface area contributed by atoms with Gasteiger partial charge in [0.25, 0.3) is 0 Å². The number of nitrogens with zero attached hydrogens (tertiary/aromatic N) is 2. The molecule has 0 amide bonds. The fourth-order valence-corrected chi connectivity index (χ4v) is 2.38. The summed E-state index contributed by atoms with van der Waals surface area (Å²) in [6.07, 6.45) is -2.20. The van der Waals surface area contributed by atoms with Crippen molar-refractivity contribution >= 4 is 11.3 Å². The van der Waals surface area contributed by atoms with Crippen molar-refractivity contribution < 1.29 is 13.2 Å². The van der Waals surface area contributed by atoms with Gasteiger partial charge in [-0.3, -0.25) is 10.8 Å². The standard InChI is InChI=1S/C11H11F3N4S/c1-6-17-9(5-19-6)10(18-15)7-4-16-3-2-8(7)11(12,13)14/h2-5,10,18H,15H2,1H3. The molecule has 102 valence electrons. The smallest absolute Gasteiger partial charge is 0.271 e. The second kappa shape index (κ2) is 5.24. The number of hydrogen-bond acceptors (Lipinski definition) is 5. The maximum atomic E-state index is 13.0. The first kappa shape index (κ1) is 13.9. The maximum absolute atomic E-state index is 13.0. The number of rotatable bonds is 3. The number of aryl methyl sites for hydroxylation is 1. The summed E-state index contributed by atoms with van der Waals surface area (Å²) in [6, 6.07) is 0.0918. The molecule has 0 saturated carbocycles. The van der Waals surface area contributed by atoms with Crippen molar-refractivity contribution in [2.45, 2.75) is 19.1 Å². The molecule has 3 N–H and O–H groups in total. The Bertz CT molecular complexity index is 567. The van der Waals surface area contributed by atoms with Crippen LogP contribution in [-0.2, 0) is 6.18 Å². The van der Waals surface area contributed by atoms with Crippen LogP contribution < -0.4 is 11.3 Å². The molecule has 0 aliphatic carbocycles. The first-order valence-electron chi connectivity index (χ1n) is 5.32. The highest BCUT2D eigenvalue weighted by Gasteiger charge is 2.35. The van der Waals surface area contributed by atoms with Gasteiger partial charge in [0.1, 0.15) is 0 Å². The Morgan fingerprint density at radius 1 is 1.42 bits per heavy atom. The predicted octanol–water partition coefficient (Wildman–Crippen LogP) is 2.42. The fraction of sp³-hybridized carbons (Fsp3) is 0.273. The van der Waals surface area contributed by atoms with Gasteiger partial charge in [-0.25, -0.2) is 10.4 Å². The quantitative estimate of drug-likeness (QED) is 0.672. The van der Waals surface area contributed by atoms with Gasteiger partial charge in [0, 0.05) is 23.3 Å². The van der Waals surface area contributed by atoms with Crippen LogP contribution in [0.3, 0.4) is 0 Å². The zero-order valence-corrected chi connectivity index (χ0v) is 10.7. The Hall–Kier alpha value is -1.51. The zero-order valence-electron chi connectivity index (χ0n) is 9.90. The predicted molar refractivity (Wildman–Crippen MR) is 65.3 cm³/mol. The Kier molecular flexibility index (Phi) is 3.83. The van der Waals surface area contributed by atoms with Crippen LogP contribution in [0.1, 0.15) is 27.9 Å². The first-order valence-corrected chi connectivity index (χ1v) is 6.20. The number of nitrogens with two attached hydrogens (primary N) is 1. The van der Waals surface area contributed by atoms with Gasteiger partial charge in [0.2, 0.25) is 0 Å². The highest BCUT2D eigenvalue weighted by atomic mass is 32.1. The van der Waals surface area contributed by atoms with E-state index >= 15 is 0 Å². The second-order valence-electron chi connectivity index (χ2n) is 3.85. The fourth-order valence-electron chi connectivity index (χ4n) is 1.74. The summed E-state index contributed by atoms with van der Waals surface area (Å²) in [4.78, 5) is 7.90. The molecular weight excluding hydrogens is 277 g/mol. The third-order valence-corrected chi connectivity index (χ3v) is 3.36. The summed E-state index contributed by atoms with van der Waals surface area (Å²) in [5, 5.41) is 2.43. The van der Waals surface area contributed by atoms with Crippen LogP contribution >= 0.6 is 11.3 Å². The molecular formula is C11H11F3N4S. The number of aromatic nitrogens is 2. The van der Waals surface area contributed by atoms with Gasteiger partial charge < -0.3 is 0 Å². The van der Waals surface area contributed by atoms with Crippen LogP contribution in [-0.4, -0.2) is 9.97 Å². The minimum atomic E-state index is -4.46. The molecule has 0 aromatic carbocycles. The van der Waals surface area contributed by atoms with Crippen molar-refractivity contribution in [1.82, 2.24) is 15.4 Å². The van der Waals surface area contributed by atoms with E-state index in [2.05, 4.69) is 15.4 Å². The van der Waals surface area contributed by atoms with E-state index in [1.54, 1.807) is 12.3 Å². The largest absolute Gasteiger partial charge is 0.416 e. The lowest BCUT2D eigenvalue weighted by Crippen LogP contribution is -2.31. The number of hydrogen-bond donors (Lipinski definition) is 2. The van der Waals surface area contributed by atoms with Crippen molar-refractivity contribution in [3.8, 4) is 0 Å². The van der Waals surface area contributed by atoms with Crippen LogP contribution in [0.25, 0.3) is 0 Å². The van der Waals surface area contributed by atoms with E-state index in [0.29, 0.717) is 5.69 Å². The molecule has 2 aromatic heterocycles. The van der Waals surface area contributed by atoms with Gasteiger partial charge in [0.05, 0.1) is 22.3 Å². The summed E-state index contributed by atoms with van der Waals surface area (Å²) in [5.41, 5.74) is 2.01. The molecule has 1 unspecified atom stereocenters. The lowest BCUT2D eigenvalue weighted by Gasteiger charge is -2.19. The monoisotopic (exact) mass is 288 g/mol. The van der Waals surface area contributed by atoms with Crippen LogP contribution in [0.15, 0.2) is 23.8 Å². The highest BCUT2D eigenvalue weighted by Crippen LogP contribution is 2.35. The number of alkyl halides is 3. The summed E-state index contributed by atoms with van der Waals surface area (Å²) in [6.45, 7) is 1.77. The second-order valence-corrected chi connectivity index (χ2v) is 4.91. The van der Waals surface area contributed by atoms with Crippen molar-refractivity contribution in [2.24, 2.45) is 5.84 Å². The molecule has 0 fully saturated rings. The molecule has 8 heteroatoms. The Balaban J connectivity index is 2.50. The maximum Gasteiger partial charge on any atom is 0.416 e. The van der Waals surface area contributed by atoms with Crippen molar-refractivity contribution in [3.63, 3.8) is 0 Å². The van der Waals surface area contributed by atoms with Crippen LogP contribution in [0.5, 0.6) is 0 Å². The molecule has 1 atom stereocenters. The summed E-state index contributed by atoms with van der Waals surface area (Å²) in [7, 11) is 0. The topological polar surface area (TPSA) is 63.8 Å². The van der Waals surface area contributed by atoms with E-state index in [9.17, 15) is 13.2 Å². The number of thiazole rings is 1. The van der Waals surface area contributed by atoms with Gasteiger partial charge >= 0.3 is 6.18 Å². The van der Waals surface area contributed by atoms with Gasteiger partial charge in [-0.2, -0.15) is 13.2 Å². The van der Waals surface area contributed by atoms with Crippen molar-refractivity contribution in [2.75, 3.05) is 0 Å². The highest BCUT2D eigenvalue weighted by molar-refractivity contribution is 7.09. The molecule has 0 bridgehead atoms. The number of pyridine rings is 1. The van der Waals surface area contributed by atoms with Crippen LogP contribution in [0.4, 0.5) is 13.2 Å². The molecule has 0 aliphatic rings. The molecule has 2 heterocycles. The van der Waals surface area contributed by atoms with E-state index in [4.69, 9.17) is 5.84 Å². The van der Waals surface area contributed by atoms with Gasteiger partial charge in [-0.1, -0.05) is 0 Å². The zero-order chi connectivity index (χ0) is 14.0. The van der Waals surface area contributed by atoms with E-state index in [0.717, 1.165) is 23.5 Å². The van der Waals surface area contributed by atoms with Crippen LogP contribution in [0.2, 0.25) is 0 Å². The summed E-state index contributed by atoms with van der Waals surface area (Å²) < 4.78 is 38.9. The van der Waals surface area contributed by atoms with Gasteiger partial charge in [0.15, 0.2) is 0 Å². The van der Waals surface area contributed by atoms with Crippen LogP contribution in [0, 0.1) is 6.92 Å². The Morgan fingerprint density at radius 2 is 2.16 bits per heavy atom. The van der Waals surface area contributed by atoms with E-state index in [1.165, 1.54) is 11.3 Å². The molecule has 0 radical (unpaired) electrons. The third kappa shape index (κ3) is 2.91. The molecule has 2 rings (SSSR count). The van der Waals surface area contributed by atoms with E-state index in [-0.39, 0.29) is 5.56 Å². The SMILES string of the molecule is Cc1nc(C(NN)c2cnccc2C(F)(F)F)cs1. The summed E-state index contributed by atoms with van der Waals surface area (Å²) >= 11 is 1.35. The average Bonchev–Trinajstić information content (AvgIpc) is 2.76. The molecule has 19 heavy (non-hydrogen) atoms. The minimum absolute atomic E-state index is 0.0391.